The summed E-state index contributed by atoms with van der Waals surface area (Å²) in [5.74, 6) is -0.362. The zero-order chi connectivity index (χ0) is 21.0. The second-order valence-electron chi connectivity index (χ2n) is 6.50. The summed E-state index contributed by atoms with van der Waals surface area (Å²) in [6.07, 6.45) is 1.76. The minimum atomic E-state index is -0.362. The number of nitrogens with one attached hydrogen (secondary N) is 1. The molecule has 1 aromatic heterocycles. The summed E-state index contributed by atoms with van der Waals surface area (Å²) in [5.41, 5.74) is 8.18. The molecule has 150 valence electrons. The van der Waals surface area contributed by atoms with E-state index in [4.69, 9.17) is 27.9 Å². The smallest absolute Gasteiger partial charge is 0.337 e. The lowest BCUT2D eigenvalue weighted by atomic mass is 10.2. The van der Waals surface area contributed by atoms with Crippen LogP contribution >= 0.6 is 23.2 Å². The number of methoxy groups -OCH3 is 1. The lowest BCUT2D eigenvalue weighted by Crippen LogP contribution is -2.07. The second-order valence-corrected chi connectivity index (χ2v) is 7.31. The number of carbonyl (C=O) groups excluding carboxylic acids is 1. The Bertz CT molecular complexity index is 1050. The van der Waals surface area contributed by atoms with Gasteiger partial charge in [0.15, 0.2) is 0 Å². The van der Waals surface area contributed by atoms with Gasteiger partial charge in [-0.25, -0.2) is 4.79 Å². The predicted molar refractivity (Wildman–Crippen MR) is 117 cm³/mol. The van der Waals surface area contributed by atoms with Crippen molar-refractivity contribution in [3.63, 3.8) is 0 Å². The van der Waals surface area contributed by atoms with Crippen molar-refractivity contribution in [1.82, 2.24) is 9.99 Å². The monoisotopic (exact) mass is 429 g/mol. The summed E-state index contributed by atoms with van der Waals surface area (Å²) in [6.45, 7) is 4.44. The number of hydrogen-bond acceptors (Lipinski definition) is 4. The number of benzene rings is 2. The minimum absolute atomic E-state index is 0.362. The van der Waals surface area contributed by atoms with Crippen LogP contribution in [-0.2, 0) is 11.3 Å². The average molecular weight is 430 g/mol. The molecule has 0 aliphatic carbocycles. The Kier molecular flexibility index (Phi) is 6.62. The minimum Gasteiger partial charge on any atom is -0.465 e. The number of rotatable bonds is 6. The number of ether oxygens (including phenoxy) is 1. The quantitative estimate of drug-likeness (QED) is 0.328. The molecule has 0 fully saturated rings. The normalized spacial score (nSPS) is 11.1. The Morgan fingerprint density at radius 3 is 2.52 bits per heavy atom. The Morgan fingerprint density at radius 2 is 1.83 bits per heavy atom. The molecule has 0 saturated heterocycles. The van der Waals surface area contributed by atoms with E-state index in [1.165, 1.54) is 7.11 Å². The number of carbonyl (C=O) groups is 1. The van der Waals surface area contributed by atoms with E-state index in [2.05, 4.69) is 15.1 Å². The fourth-order valence-corrected chi connectivity index (χ4v) is 3.68. The second kappa shape index (κ2) is 9.16. The third-order valence-electron chi connectivity index (χ3n) is 4.61. The van der Waals surface area contributed by atoms with Crippen LogP contribution in [0.5, 0.6) is 0 Å². The molecule has 0 bridgehead atoms. The SMILES string of the molecule is COC(=O)c1cccc(-n2c(C)cc(/C=N\NCc3c(Cl)cccc3Cl)c2C)c1. The van der Waals surface area contributed by atoms with Crippen molar-refractivity contribution in [3.05, 3.63) is 86.7 Å². The lowest BCUT2D eigenvalue weighted by molar-refractivity contribution is 0.0600. The highest BCUT2D eigenvalue weighted by molar-refractivity contribution is 6.35. The van der Waals surface area contributed by atoms with E-state index >= 15 is 0 Å². The summed E-state index contributed by atoms with van der Waals surface area (Å²) in [6, 6.07) is 14.8. The number of hydrazone groups is 1. The van der Waals surface area contributed by atoms with Gasteiger partial charge < -0.3 is 14.7 Å². The molecule has 1 heterocycles. The van der Waals surface area contributed by atoms with Crippen LogP contribution in [0.3, 0.4) is 0 Å². The maximum Gasteiger partial charge on any atom is 0.337 e. The van der Waals surface area contributed by atoms with E-state index in [9.17, 15) is 4.79 Å². The molecule has 7 heteroatoms. The number of aromatic nitrogens is 1. The maximum absolute atomic E-state index is 11.8. The van der Waals surface area contributed by atoms with E-state index in [1.807, 2.05) is 44.2 Å². The first-order valence-corrected chi connectivity index (χ1v) is 9.74. The van der Waals surface area contributed by atoms with Gasteiger partial charge in [-0.05, 0) is 50.2 Å². The van der Waals surface area contributed by atoms with Gasteiger partial charge in [0.1, 0.15) is 0 Å². The zero-order valence-electron chi connectivity index (χ0n) is 16.4. The first-order valence-electron chi connectivity index (χ1n) is 8.99. The van der Waals surface area contributed by atoms with Crippen LogP contribution in [0.25, 0.3) is 5.69 Å². The Morgan fingerprint density at radius 1 is 1.14 bits per heavy atom. The molecule has 0 radical (unpaired) electrons. The highest BCUT2D eigenvalue weighted by Crippen LogP contribution is 2.24. The number of halogens is 2. The number of esters is 1. The highest BCUT2D eigenvalue weighted by atomic mass is 35.5. The summed E-state index contributed by atoms with van der Waals surface area (Å²) in [5, 5.41) is 5.51. The van der Waals surface area contributed by atoms with Crippen molar-refractivity contribution in [2.75, 3.05) is 7.11 Å². The van der Waals surface area contributed by atoms with E-state index in [0.717, 1.165) is 28.2 Å². The van der Waals surface area contributed by atoms with Crippen LogP contribution in [-0.4, -0.2) is 23.9 Å². The van der Waals surface area contributed by atoms with Gasteiger partial charge in [-0.15, -0.1) is 0 Å². The first kappa shape index (κ1) is 21.0. The van der Waals surface area contributed by atoms with Gasteiger partial charge in [0.25, 0.3) is 0 Å². The van der Waals surface area contributed by atoms with Crippen molar-refractivity contribution >= 4 is 35.4 Å². The van der Waals surface area contributed by atoms with E-state index < -0.39 is 0 Å². The maximum atomic E-state index is 11.8. The lowest BCUT2D eigenvalue weighted by Gasteiger charge is -2.11. The van der Waals surface area contributed by atoms with Crippen molar-refractivity contribution in [2.24, 2.45) is 5.10 Å². The molecular formula is C22H21Cl2N3O2. The molecule has 0 atom stereocenters. The number of nitrogens with zero attached hydrogens (tertiary/aromatic N) is 2. The molecule has 0 amide bonds. The number of hydrogen-bond donors (Lipinski definition) is 1. The van der Waals surface area contributed by atoms with Crippen LogP contribution in [0.2, 0.25) is 10.0 Å². The average Bonchev–Trinajstić information content (AvgIpc) is 2.99. The third kappa shape index (κ3) is 4.63. The molecule has 29 heavy (non-hydrogen) atoms. The van der Waals surface area contributed by atoms with Crippen molar-refractivity contribution in [3.8, 4) is 5.69 Å². The van der Waals surface area contributed by atoms with Gasteiger partial charge in [-0.1, -0.05) is 35.3 Å². The molecule has 0 aliphatic heterocycles. The zero-order valence-corrected chi connectivity index (χ0v) is 17.9. The van der Waals surface area contributed by atoms with Crippen LogP contribution in [0, 0.1) is 13.8 Å². The summed E-state index contributed by atoms with van der Waals surface area (Å²) in [4.78, 5) is 11.8. The van der Waals surface area contributed by atoms with Crippen molar-refractivity contribution < 1.29 is 9.53 Å². The fraction of sp³-hybridized carbons (Fsp3) is 0.182. The largest absolute Gasteiger partial charge is 0.465 e. The molecular weight excluding hydrogens is 409 g/mol. The van der Waals surface area contributed by atoms with Gasteiger partial charge in [0, 0.05) is 38.2 Å². The Labute approximate surface area is 179 Å². The molecule has 0 spiro atoms. The van der Waals surface area contributed by atoms with Crippen LogP contribution in [0.15, 0.2) is 53.6 Å². The van der Waals surface area contributed by atoms with Crippen LogP contribution in [0.1, 0.15) is 32.9 Å². The molecule has 0 saturated carbocycles. The standard InChI is InChI=1S/C22H21Cl2N3O2/c1-14-10-17(12-25-26-13-19-20(23)8-5-9-21(19)24)15(2)27(14)18-7-4-6-16(11-18)22(28)29-3/h4-12,26H,13H2,1-3H3/b25-12-. The first-order chi connectivity index (χ1) is 13.9. The molecule has 0 unspecified atom stereocenters. The molecule has 3 rings (SSSR count). The number of aryl methyl sites for hydroxylation is 1. The van der Waals surface area contributed by atoms with Crippen LogP contribution in [0.4, 0.5) is 0 Å². The predicted octanol–water partition coefficient (Wildman–Crippen LogP) is 5.31. The van der Waals surface area contributed by atoms with Crippen molar-refractivity contribution in [1.29, 1.82) is 0 Å². The van der Waals surface area contributed by atoms with Gasteiger partial charge in [0.05, 0.1) is 25.4 Å². The topological polar surface area (TPSA) is 55.6 Å². The van der Waals surface area contributed by atoms with E-state index in [-0.39, 0.29) is 5.97 Å². The van der Waals surface area contributed by atoms with Crippen molar-refractivity contribution in [2.45, 2.75) is 20.4 Å². The summed E-state index contributed by atoms with van der Waals surface area (Å²) < 4.78 is 6.88. The summed E-state index contributed by atoms with van der Waals surface area (Å²) >= 11 is 12.4. The van der Waals surface area contributed by atoms with Gasteiger partial charge in [0.2, 0.25) is 0 Å². The molecule has 5 nitrogen and oxygen atoms in total. The van der Waals surface area contributed by atoms with Gasteiger partial charge in [-0.2, -0.15) is 5.10 Å². The molecule has 0 aliphatic rings. The fourth-order valence-electron chi connectivity index (χ4n) is 3.15. The Balaban J connectivity index is 1.79. The van der Waals surface area contributed by atoms with Gasteiger partial charge in [-0.3, -0.25) is 0 Å². The summed E-state index contributed by atoms with van der Waals surface area (Å²) in [7, 11) is 1.37. The van der Waals surface area contributed by atoms with Gasteiger partial charge >= 0.3 is 5.97 Å². The van der Waals surface area contributed by atoms with E-state index in [0.29, 0.717) is 22.2 Å². The molecule has 3 aromatic rings. The molecule has 2 aromatic carbocycles. The highest BCUT2D eigenvalue weighted by Gasteiger charge is 2.12. The Hall–Kier alpha value is -2.76. The van der Waals surface area contributed by atoms with E-state index in [1.54, 1.807) is 24.4 Å². The van der Waals surface area contributed by atoms with Crippen LogP contribution < -0.4 is 5.43 Å². The third-order valence-corrected chi connectivity index (χ3v) is 5.32. The molecule has 1 N–H and O–H groups in total.